The number of halogens is 1. The van der Waals surface area contributed by atoms with Crippen molar-refractivity contribution in [3.05, 3.63) is 30.1 Å². The number of carbonyl (C=O) groups is 1. The van der Waals surface area contributed by atoms with Gasteiger partial charge in [0.2, 0.25) is 5.91 Å². The Kier molecular flexibility index (Phi) is 4.92. The summed E-state index contributed by atoms with van der Waals surface area (Å²) in [6, 6.07) is 6.56. The highest BCUT2D eigenvalue weighted by molar-refractivity contribution is 5.79. The highest BCUT2D eigenvalue weighted by Crippen LogP contribution is 2.20. The number of hydrogen-bond acceptors (Lipinski definition) is 4. The minimum absolute atomic E-state index is 0.247. The molecule has 0 saturated carbocycles. The van der Waals surface area contributed by atoms with Crippen LogP contribution in [0.4, 0.5) is 10.1 Å². The molecule has 1 aromatic carbocycles. The van der Waals surface area contributed by atoms with E-state index in [4.69, 9.17) is 10.2 Å². The molecule has 1 saturated heterocycles. The average Bonchev–Trinajstić information content (AvgIpc) is 2.49. The van der Waals surface area contributed by atoms with Gasteiger partial charge in [-0.05, 0) is 12.1 Å². The van der Waals surface area contributed by atoms with Crippen LogP contribution in [0.15, 0.2) is 24.3 Å². The quantitative estimate of drug-likeness (QED) is 0.820. The number of anilines is 1. The van der Waals surface area contributed by atoms with Gasteiger partial charge < -0.3 is 20.0 Å². The molecule has 5 nitrogen and oxygen atoms in total. The van der Waals surface area contributed by atoms with Gasteiger partial charge in [-0.1, -0.05) is 12.1 Å². The first-order chi connectivity index (χ1) is 9.67. The van der Waals surface area contributed by atoms with Gasteiger partial charge in [0.15, 0.2) is 0 Å². The standard InChI is InChI=1S/C14H19FN2O3/c15-12-3-1-2-4-13(12)16-5-7-17(8-6-16)14(20)11(9-18)10-19/h1-4,11,18-19H,5-10H2. The van der Waals surface area contributed by atoms with Gasteiger partial charge in [0.1, 0.15) is 5.82 Å². The Bertz CT molecular complexity index is 457. The van der Waals surface area contributed by atoms with Gasteiger partial charge in [-0.15, -0.1) is 0 Å². The lowest BCUT2D eigenvalue weighted by atomic mass is 10.1. The topological polar surface area (TPSA) is 64.0 Å². The van der Waals surface area contributed by atoms with E-state index in [1.165, 1.54) is 6.07 Å². The summed E-state index contributed by atoms with van der Waals surface area (Å²) in [6.45, 7) is 1.28. The van der Waals surface area contributed by atoms with Crippen LogP contribution in [0.25, 0.3) is 0 Å². The molecule has 20 heavy (non-hydrogen) atoms. The molecule has 1 aromatic rings. The average molecular weight is 282 g/mol. The summed E-state index contributed by atoms with van der Waals surface area (Å²) in [4.78, 5) is 15.5. The zero-order valence-corrected chi connectivity index (χ0v) is 11.2. The summed E-state index contributed by atoms with van der Waals surface area (Å²) in [5, 5.41) is 18.1. The number of carbonyl (C=O) groups excluding carboxylic acids is 1. The van der Waals surface area contributed by atoms with Crippen LogP contribution < -0.4 is 4.90 Å². The zero-order chi connectivity index (χ0) is 14.5. The van der Waals surface area contributed by atoms with Crippen molar-refractivity contribution in [1.82, 2.24) is 4.90 Å². The van der Waals surface area contributed by atoms with Crippen LogP contribution in [-0.2, 0) is 4.79 Å². The SMILES string of the molecule is O=C(C(CO)CO)N1CCN(c2ccccc2F)CC1. The fraction of sp³-hybridized carbons (Fsp3) is 0.500. The molecular weight excluding hydrogens is 263 g/mol. The van der Waals surface area contributed by atoms with Crippen LogP contribution in [0.2, 0.25) is 0 Å². The Morgan fingerprint density at radius 3 is 2.30 bits per heavy atom. The van der Waals surface area contributed by atoms with Crippen molar-refractivity contribution in [2.45, 2.75) is 0 Å². The lowest BCUT2D eigenvalue weighted by molar-refractivity contribution is -0.138. The van der Waals surface area contributed by atoms with Gasteiger partial charge in [0.25, 0.3) is 0 Å². The van der Waals surface area contributed by atoms with E-state index in [0.717, 1.165) is 0 Å². The molecule has 0 radical (unpaired) electrons. The lowest BCUT2D eigenvalue weighted by Gasteiger charge is -2.37. The van der Waals surface area contributed by atoms with E-state index in [1.807, 2.05) is 4.90 Å². The van der Waals surface area contributed by atoms with Crippen LogP contribution in [0, 0.1) is 11.7 Å². The number of aliphatic hydroxyl groups is 2. The normalized spacial score (nSPS) is 15.8. The van der Waals surface area contributed by atoms with E-state index in [2.05, 4.69) is 0 Å². The Morgan fingerprint density at radius 1 is 1.15 bits per heavy atom. The number of amides is 1. The fourth-order valence-electron chi connectivity index (χ4n) is 2.35. The molecule has 2 rings (SSSR count). The van der Waals surface area contributed by atoms with Crippen molar-refractivity contribution in [2.75, 3.05) is 44.3 Å². The smallest absolute Gasteiger partial charge is 0.230 e. The molecule has 1 aliphatic rings. The minimum atomic E-state index is -0.755. The number of piperazine rings is 1. The second-order valence-corrected chi connectivity index (χ2v) is 4.83. The Hall–Kier alpha value is -1.66. The van der Waals surface area contributed by atoms with Gasteiger partial charge in [-0.2, -0.15) is 0 Å². The number of benzene rings is 1. The van der Waals surface area contributed by atoms with E-state index in [9.17, 15) is 9.18 Å². The number of nitrogens with zero attached hydrogens (tertiary/aromatic N) is 2. The number of hydrogen-bond donors (Lipinski definition) is 2. The van der Waals surface area contributed by atoms with Crippen LogP contribution in [0.5, 0.6) is 0 Å². The first kappa shape index (κ1) is 14.7. The fourth-order valence-corrected chi connectivity index (χ4v) is 2.35. The molecule has 0 spiro atoms. The predicted molar refractivity (Wildman–Crippen MR) is 72.9 cm³/mol. The van der Waals surface area contributed by atoms with Crippen LogP contribution in [0.3, 0.4) is 0 Å². The third kappa shape index (κ3) is 3.08. The Balaban J connectivity index is 1.96. The molecule has 2 N–H and O–H groups in total. The van der Waals surface area contributed by atoms with E-state index in [0.29, 0.717) is 31.9 Å². The highest BCUT2D eigenvalue weighted by Gasteiger charge is 2.27. The number of para-hydroxylation sites is 1. The van der Waals surface area contributed by atoms with Gasteiger partial charge in [-0.3, -0.25) is 4.79 Å². The molecular formula is C14H19FN2O3. The van der Waals surface area contributed by atoms with Crippen molar-refractivity contribution in [1.29, 1.82) is 0 Å². The molecule has 1 fully saturated rings. The van der Waals surface area contributed by atoms with Crippen LogP contribution in [0.1, 0.15) is 0 Å². The van der Waals surface area contributed by atoms with Crippen LogP contribution >= 0.6 is 0 Å². The van der Waals surface area contributed by atoms with Crippen molar-refractivity contribution >= 4 is 11.6 Å². The van der Waals surface area contributed by atoms with Crippen molar-refractivity contribution in [3.63, 3.8) is 0 Å². The monoisotopic (exact) mass is 282 g/mol. The first-order valence-electron chi connectivity index (χ1n) is 6.67. The summed E-state index contributed by atoms with van der Waals surface area (Å²) in [7, 11) is 0. The summed E-state index contributed by atoms with van der Waals surface area (Å²) < 4.78 is 13.7. The minimum Gasteiger partial charge on any atom is -0.395 e. The van der Waals surface area contributed by atoms with Crippen LogP contribution in [-0.4, -0.2) is 60.4 Å². The first-order valence-corrected chi connectivity index (χ1v) is 6.67. The Labute approximate surface area is 117 Å². The predicted octanol–water partition coefficient (Wildman–Crippen LogP) is 0.0751. The van der Waals surface area contributed by atoms with E-state index in [1.54, 1.807) is 23.1 Å². The summed E-state index contributed by atoms with van der Waals surface area (Å²) >= 11 is 0. The van der Waals surface area contributed by atoms with E-state index < -0.39 is 5.92 Å². The maximum Gasteiger partial charge on any atom is 0.230 e. The number of rotatable bonds is 4. The molecule has 1 heterocycles. The third-order valence-corrected chi connectivity index (χ3v) is 3.57. The van der Waals surface area contributed by atoms with Gasteiger partial charge >= 0.3 is 0 Å². The van der Waals surface area contributed by atoms with Crippen molar-refractivity contribution in [3.8, 4) is 0 Å². The Morgan fingerprint density at radius 2 is 1.75 bits per heavy atom. The lowest BCUT2D eigenvalue weighted by Crippen LogP contribution is -2.51. The van der Waals surface area contributed by atoms with Gasteiger partial charge in [0.05, 0.1) is 24.8 Å². The number of aliphatic hydroxyl groups excluding tert-OH is 2. The molecule has 0 unspecified atom stereocenters. The second-order valence-electron chi connectivity index (χ2n) is 4.83. The molecule has 110 valence electrons. The molecule has 1 aliphatic heterocycles. The largest absolute Gasteiger partial charge is 0.395 e. The van der Waals surface area contributed by atoms with Gasteiger partial charge in [-0.25, -0.2) is 4.39 Å². The maximum atomic E-state index is 13.7. The molecule has 0 aliphatic carbocycles. The molecule has 6 heteroatoms. The molecule has 0 bridgehead atoms. The summed E-state index contributed by atoms with van der Waals surface area (Å²) in [5.41, 5.74) is 0.542. The maximum absolute atomic E-state index is 13.7. The second kappa shape index (κ2) is 6.67. The zero-order valence-electron chi connectivity index (χ0n) is 11.2. The summed E-state index contributed by atoms with van der Waals surface area (Å²) in [5.74, 6) is -1.27. The molecule has 0 aromatic heterocycles. The van der Waals surface area contributed by atoms with Crippen molar-refractivity contribution < 1.29 is 19.4 Å². The molecule has 0 atom stereocenters. The highest BCUT2D eigenvalue weighted by atomic mass is 19.1. The third-order valence-electron chi connectivity index (χ3n) is 3.57. The van der Waals surface area contributed by atoms with Crippen molar-refractivity contribution in [2.24, 2.45) is 5.92 Å². The summed E-state index contributed by atoms with van der Waals surface area (Å²) in [6.07, 6.45) is 0. The van der Waals surface area contributed by atoms with E-state index >= 15 is 0 Å². The van der Waals surface area contributed by atoms with E-state index in [-0.39, 0.29) is 24.9 Å². The van der Waals surface area contributed by atoms with Gasteiger partial charge in [0, 0.05) is 26.2 Å². The molecule has 1 amide bonds.